The van der Waals surface area contributed by atoms with Crippen molar-refractivity contribution in [3.8, 4) is 23.0 Å². The number of carbonyl (C=O) groups excluding carboxylic acids is 1. The zero-order valence-electron chi connectivity index (χ0n) is 19.8. The lowest BCUT2D eigenvalue weighted by atomic mass is 9.97. The molecule has 2 aliphatic rings. The van der Waals surface area contributed by atoms with E-state index in [9.17, 15) is 13.4 Å². The van der Waals surface area contributed by atoms with Crippen LogP contribution in [0.5, 0.6) is 11.5 Å². The molecule has 0 N–H and O–H groups in total. The van der Waals surface area contributed by atoms with Gasteiger partial charge in [-0.3, -0.25) is 4.79 Å². The number of piperidine rings is 1. The topological polar surface area (TPSA) is 88.8 Å². The summed E-state index contributed by atoms with van der Waals surface area (Å²) in [6, 6.07) is 9.72. The maximum absolute atomic E-state index is 14.0. The SMILES string of the molecule is CS(=O)N1CCC(c2noc(-c3ccc(CN4CCCC4=O)c(Oc4ccc(Cl)c(F)c4)c3)n2)CC1. The molecular formula is C25H26ClFN4O4S. The van der Waals surface area contributed by atoms with Crippen LogP contribution in [-0.2, 0) is 22.3 Å². The number of hydrogen-bond donors (Lipinski definition) is 0. The number of nitrogens with zero attached hydrogens (tertiary/aromatic N) is 4. The number of benzene rings is 2. The Bertz CT molecular complexity index is 1290. The molecule has 3 heterocycles. The Morgan fingerprint density at radius 1 is 1.19 bits per heavy atom. The van der Waals surface area contributed by atoms with Gasteiger partial charge in [-0.05, 0) is 43.5 Å². The van der Waals surface area contributed by atoms with Gasteiger partial charge in [0, 0.05) is 62.0 Å². The van der Waals surface area contributed by atoms with Gasteiger partial charge in [-0.1, -0.05) is 22.8 Å². The summed E-state index contributed by atoms with van der Waals surface area (Å²) in [6.07, 6.45) is 4.66. The third-order valence-electron chi connectivity index (χ3n) is 6.59. The third kappa shape index (κ3) is 5.45. The highest BCUT2D eigenvalue weighted by Gasteiger charge is 2.27. The van der Waals surface area contributed by atoms with E-state index in [0.29, 0.717) is 42.5 Å². The molecule has 0 saturated carbocycles. The number of likely N-dealkylation sites (tertiary alicyclic amines) is 1. The molecule has 5 rings (SSSR count). The van der Waals surface area contributed by atoms with Crippen LogP contribution in [0.2, 0.25) is 5.02 Å². The summed E-state index contributed by atoms with van der Waals surface area (Å²) >= 11 is 5.82. The first-order chi connectivity index (χ1) is 17.4. The molecule has 3 aromatic rings. The van der Waals surface area contributed by atoms with Gasteiger partial charge in [0.1, 0.15) is 17.3 Å². The molecule has 0 radical (unpaired) electrons. The molecule has 2 aliphatic heterocycles. The van der Waals surface area contributed by atoms with Crippen molar-refractivity contribution in [3.05, 3.63) is 58.6 Å². The highest BCUT2D eigenvalue weighted by Crippen LogP contribution is 2.34. The number of amides is 1. The Morgan fingerprint density at radius 3 is 2.69 bits per heavy atom. The van der Waals surface area contributed by atoms with E-state index in [0.717, 1.165) is 37.9 Å². The van der Waals surface area contributed by atoms with E-state index in [1.54, 1.807) is 23.3 Å². The summed E-state index contributed by atoms with van der Waals surface area (Å²) in [4.78, 5) is 18.6. The molecule has 0 aliphatic carbocycles. The van der Waals surface area contributed by atoms with Crippen LogP contribution in [-0.4, -0.2) is 55.4 Å². The van der Waals surface area contributed by atoms with Crippen molar-refractivity contribution in [1.29, 1.82) is 0 Å². The predicted molar refractivity (Wildman–Crippen MR) is 133 cm³/mol. The Labute approximate surface area is 216 Å². The Kier molecular flexibility index (Phi) is 7.36. The van der Waals surface area contributed by atoms with E-state index in [2.05, 4.69) is 10.1 Å². The summed E-state index contributed by atoms with van der Waals surface area (Å²) in [5.74, 6) is 1.38. The molecule has 190 valence electrons. The largest absolute Gasteiger partial charge is 0.457 e. The summed E-state index contributed by atoms with van der Waals surface area (Å²) in [6.45, 7) is 2.51. The first kappa shape index (κ1) is 24.9. The van der Waals surface area contributed by atoms with E-state index < -0.39 is 16.8 Å². The molecule has 0 bridgehead atoms. The summed E-state index contributed by atoms with van der Waals surface area (Å²) in [5, 5.41) is 4.21. The molecule has 8 nitrogen and oxygen atoms in total. The van der Waals surface area contributed by atoms with Crippen LogP contribution >= 0.6 is 11.6 Å². The number of aromatic nitrogens is 2. The molecule has 2 fully saturated rings. The first-order valence-corrected chi connectivity index (χ1v) is 13.7. The predicted octanol–water partition coefficient (Wildman–Crippen LogP) is 4.92. The highest BCUT2D eigenvalue weighted by molar-refractivity contribution is 7.81. The monoisotopic (exact) mass is 532 g/mol. The zero-order chi connectivity index (χ0) is 25.2. The molecule has 36 heavy (non-hydrogen) atoms. The van der Waals surface area contributed by atoms with Crippen LogP contribution in [0.1, 0.15) is 43.0 Å². The van der Waals surface area contributed by atoms with Crippen molar-refractivity contribution < 1.29 is 22.7 Å². The second-order valence-corrected chi connectivity index (χ2v) is 10.8. The van der Waals surface area contributed by atoms with Crippen LogP contribution in [0.25, 0.3) is 11.5 Å². The Morgan fingerprint density at radius 2 is 2.00 bits per heavy atom. The quantitative estimate of drug-likeness (QED) is 0.429. The second kappa shape index (κ2) is 10.7. The summed E-state index contributed by atoms with van der Waals surface area (Å²) < 4.78 is 39.3. The van der Waals surface area contributed by atoms with Crippen LogP contribution in [0.3, 0.4) is 0 Å². The van der Waals surface area contributed by atoms with E-state index in [4.69, 9.17) is 20.9 Å². The minimum Gasteiger partial charge on any atom is -0.457 e. The molecule has 11 heteroatoms. The number of carbonyl (C=O) groups is 1. The molecule has 2 saturated heterocycles. The first-order valence-electron chi connectivity index (χ1n) is 11.8. The molecule has 1 aromatic heterocycles. The van der Waals surface area contributed by atoms with Crippen molar-refractivity contribution in [1.82, 2.24) is 19.3 Å². The van der Waals surface area contributed by atoms with E-state index in [1.165, 1.54) is 12.1 Å². The number of hydrogen-bond acceptors (Lipinski definition) is 6. The summed E-state index contributed by atoms with van der Waals surface area (Å²) in [5.41, 5.74) is 1.44. The van der Waals surface area contributed by atoms with Gasteiger partial charge in [-0.2, -0.15) is 4.98 Å². The number of ether oxygens (including phenoxy) is 1. The molecular weight excluding hydrogens is 507 g/mol. The fraction of sp³-hybridized carbons (Fsp3) is 0.400. The van der Waals surface area contributed by atoms with Gasteiger partial charge in [0.05, 0.1) is 16.0 Å². The number of rotatable bonds is 7. The standard InChI is InChI=1S/C25H26ClFN4O4S/c1-36(33)31-11-8-16(9-12-31)24-28-25(35-29-24)17-4-5-18(15-30-10-2-3-23(30)32)22(13-17)34-19-6-7-20(26)21(27)14-19/h4-7,13-14,16H,2-3,8-12,15H2,1H3. The van der Waals surface area contributed by atoms with E-state index >= 15 is 0 Å². The second-order valence-electron chi connectivity index (χ2n) is 9.00. The van der Waals surface area contributed by atoms with Gasteiger partial charge >= 0.3 is 0 Å². The van der Waals surface area contributed by atoms with Gasteiger partial charge < -0.3 is 14.2 Å². The third-order valence-corrected chi connectivity index (χ3v) is 7.99. The van der Waals surface area contributed by atoms with Crippen molar-refractivity contribution in [3.63, 3.8) is 0 Å². The van der Waals surface area contributed by atoms with Crippen LogP contribution < -0.4 is 4.74 Å². The zero-order valence-corrected chi connectivity index (χ0v) is 21.4. The lowest BCUT2D eigenvalue weighted by Gasteiger charge is -2.27. The number of halogens is 2. The van der Waals surface area contributed by atoms with Gasteiger partial charge in [0.2, 0.25) is 5.91 Å². The summed E-state index contributed by atoms with van der Waals surface area (Å²) in [7, 11) is -0.977. The van der Waals surface area contributed by atoms with Crippen molar-refractivity contribution in [2.75, 3.05) is 25.9 Å². The highest BCUT2D eigenvalue weighted by atomic mass is 35.5. The van der Waals surface area contributed by atoms with Gasteiger partial charge in [0.25, 0.3) is 5.89 Å². The smallest absolute Gasteiger partial charge is 0.258 e. The Balaban J connectivity index is 1.40. The average molecular weight is 533 g/mol. The molecule has 1 atom stereocenters. The van der Waals surface area contributed by atoms with Crippen LogP contribution in [0.4, 0.5) is 4.39 Å². The van der Waals surface area contributed by atoms with Crippen LogP contribution in [0.15, 0.2) is 40.9 Å². The molecule has 1 unspecified atom stereocenters. The molecule has 0 spiro atoms. The van der Waals surface area contributed by atoms with Crippen molar-refractivity contribution in [2.45, 2.75) is 38.1 Å². The van der Waals surface area contributed by atoms with Gasteiger partial charge in [-0.25, -0.2) is 12.9 Å². The molecule has 1 amide bonds. The van der Waals surface area contributed by atoms with Crippen molar-refractivity contribution in [2.24, 2.45) is 0 Å². The maximum atomic E-state index is 14.0. The van der Waals surface area contributed by atoms with E-state index in [1.807, 2.05) is 16.4 Å². The van der Waals surface area contributed by atoms with Crippen molar-refractivity contribution >= 4 is 28.5 Å². The minimum atomic E-state index is -0.977. The average Bonchev–Trinajstić information content (AvgIpc) is 3.52. The van der Waals surface area contributed by atoms with Gasteiger partial charge in [-0.15, -0.1) is 0 Å². The lowest BCUT2D eigenvalue weighted by Crippen LogP contribution is -2.34. The fourth-order valence-electron chi connectivity index (χ4n) is 4.55. The van der Waals surface area contributed by atoms with E-state index in [-0.39, 0.29) is 22.6 Å². The lowest BCUT2D eigenvalue weighted by molar-refractivity contribution is -0.128. The molecule has 2 aromatic carbocycles. The normalized spacial score (nSPS) is 18.1. The maximum Gasteiger partial charge on any atom is 0.258 e. The minimum absolute atomic E-state index is 0.00777. The Hall–Kier alpha value is -2.82. The van der Waals surface area contributed by atoms with Crippen LogP contribution in [0, 0.1) is 5.82 Å². The fourth-order valence-corrected chi connectivity index (χ4v) is 5.39. The van der Waals surface area contributed by atoms with Gasteiger partial charge in [0.15, 0.2) is 5.82 Å².